The average molecular weight is 338 g/mol. The van der Waals surface area contributed by atoms with Crippen LogP contribution in [0.4, 0.5) is 0 Å². The molecule has 1 aromatic rings. The normalized spacial score (nSPS) is 21.8. The lowest BCUT2D eigenvalue weighted by atomic mass is 10.0. The Labute approximate surface area is 136 Å². The van der Waals surface area contributed by atoms with Crippen LogP contribution in [0.2, 0.25) is 0 Å². The molecule has 1 aliphatic carbocycles. The third kappa shape index (κ3) is 3.84. The fourth-order valence-electron chi connectivity index (χ4n) is 2.96. The maximum Gasteiger partial charge on any atom is 0.235 e. The number of rotatable bonds is 6. The smallest absolute Gasteiger partial charge is 0.235 e. The predicted molar refractivity (Wildman–Crippen MR) is 86.6 cm³/mol. The van der Waals surface area contributed by atoms with Crippen molar-refractivity contribution in [2.24, 2.45) is 5.92 Å². The van der Waals surface area contributed by atoms with Crippen LogP contribution in [-0.2, 0) is 14.8 Å². The van der Waals surface area contributed by atoms with Gasteiger partial charge in [-0.3, -0.25) is 4.79 Å². The third-order valence-electron chi connectivity index (χ3n) is 4.41. The molecule has 0 radical (unpaired) electrons. The van der Waals surface area contributed by atoms with Crippen LogP contribution < -0.4 is 10.1 Å². The second kappa shape index (κ2) is 6.49. The first-order valence-electron chi connectivity index (χ1n) is 7.91. The molecule has 1 heterocycles. The topological polar surface area (TPSA) is 75.7 Å². The van der Waals surface area contributed by atoms with Gasteiger partial charge in [-0.05, 0) is 42.9 Å². The van der Waals surface area contributed by atoms with Crippen LogP contribution in [0.1, 0.15) is 30.9 Å². The van der Waals surface area contributed by atoms with E-state index in [0.717, 1.165) is 24.2 Å². The standard InChI is InChI=1S/C16H22N2O4S/c1-22-14-7-5-13(6-8-14)16(12-3-4-12)17-15(19)11-18-9-2-10-23(18,20)21/h5-8,12,16H,2-4,9-11H2,1H3,(H,17,19)/t16-/m1/s1. The van der Waals surface area contributed by atoms with Crippen molar-refractivity contribution in [3.05, 3.63) is 29.8 Å². The molecule has 2 fully saturated rings. The van der Waals surface area contributed by atoms with Gasteiger partial charge in [0, 0.05) is 6.54 Å². The Morgan fingerprint density at radius 2 is 2.04 bits per heavy atom. The van der Waals surface area contributed by atoms with E-state index in [2.05, 4.69) is 5.32 Å². The Hall–Kier alpha value is -1.60. The van der Waals surface area contributed by atoms with Gasteiger partial charge >= 0.3 is 0 Å². The number of amides is 1. The molecule has 0 bridgehead atoms. The number of nitrogens with one attached hydrogen (secondary N) is 1. The van der Waals surface area contributed by atoms with Gasteiger partial charge < -0.3 is 10.1 Å². The minimum atomic E-state index is -3.24. The molecule has 0 unspecified atom stereocenters. The van der Waals surface area contributed by atoms with Crippen molar-refractivity contribution in [3.8, 4) is 5.75 Å². The molecule has 6 nitrogen and oxygen atoms in total. The summed E-state index contributed by atoms with van der Waals surface area (Å²) in [5.74, 6) is 1.12. The van der Waals surface area contributed by atoms with Crippen molar-refractivity contribution in [2.75, 3.05) is 26.0 Å². The zero-order valence-corrected chi connectivity index (χ0v) is 14.0. The van der Waals surface area contributed by atoms with Crippen LogP contribution in [0.15, 0.2) is 24.3 Å². The van der Waals surface area contributed by atoms with E-state index in [9.17, 15) is 13.2 Å². The van der Waals surface area contributed by atoms with Crippen LogP contribution in [0.5, 0.6) is 5.75 Å². The molecule has 1 atom stereocenters. The molecule has 23 heavy (non-hydrogen) atoms. The zero-order valence-electron chi connectivity index (χ0n) is 13.2. The molecule has 1 N–H and O–H groups in total. The first kappa shape index (κ1) is 16.3. The maximum absolute atomic E-state index is 12.3. The van der Waals surface area contributed by atoms with E-state index >= 15 is 0 Å². The third-order valence-corrected chi connectivity index (χ3v) is 6.31. The highest BCUT2D eigenvalue weighted by molar-refractivity contribution is 7.89. The number of hydrogen-bond donors (Lipinski definition) is 1. The highest BCUT2D eigenvalue weighted by Crippen LogP contribution is 2.41. The lowest BCUT2D eigenvalue weighted by Crippen LogP contribution is -2.40. The van der Waals surface area contributed by atoms with E-state index in [1.807, 2.05) is 24.3 Å². The highest BCUT2D eigenvalue weighted by atomic mass is 32.2. The maximum atomic E-state index is 12.3. The summed E-state index contributed by atoms with van der Waals surface area (Å²) in [6.45, 7) is 0.355. The molecule has 0 aromatic heterocycles. The summed E-state index contributed by atoms with van der Waals surface area (Å²) >= 11 is 0. The highest BCUT2D eigenvalue weighted by Gasteiger charge is 2.35. The molecule has 1 amide bonds. The van der Waals surface area contributed by atoms with Crippen molar-refractivity contribution in [1.29, 1.82) is 0 Å². The minimum absolute atomic E-state index is 0.0567. The largest absolute Gasteiger partial charge is 0.497 e. The first-order valence-corrected chi connectivity index (χ1v) is 9.51. The van der Waals surface area contributed by atoms with Gasteiger partial charge in [0.05, 0.1) is 25.4 Å². The summed E-state index contributed by atoms with van der Waals surface area (Å²) in [6.07, 6.45) is 2.76. The summed E-state index contributed by atoms with van der Waals surface area (Å²) in [7, 11) is -1.62. The minimum Gasteiger partial charge on any atom is -0.497 e. The Morgan fingerprint density at radius 3 is 2.57 bits per heavy atom. The van der Waals surface area contributed by atoms with Gasteiger partial charge in [-0.15, -0.1) is 0 Å². The lowest BCUT2D eigenvalue weighted by molar-refractivity contribution is -0.122. The van der Waals surface area contributed by atoms with E-state index in [1.54, 1.807) is 7.11 Å². The van der Waals surface area contributed by atoms with Gasteiger partial charge in [0.25, 0.3) is 0 Å². The molecule has 7 heteroatoms. The van der Waals surface area contributed by atoms with Crippen LogP contribution in [0.3, 0.4) is 0 Å². The molecular weight excluding hydrogens is 316 g/mol. The van der Waals surface area contributed by atoms with Gasteiger partial charge in [0.15, 0.2) is 0 Å². The Morgan fingerprint density at radius 1 is 1.35 bits per heavy atom. The van der Waals surface area contributed by atoms with Gasteiger partial charge in [-0.1, -0.05) is 12.1 Å². The van der Waals surface area contributed by atoms with E-state index in [4.69, 9.17) is 4.74 Å². The van der Waals surface area contributed by atoms with E-state index in [-0.39, 0.29) is 24.2 Å². The zero-order chi connectivity index (χ0) is 16.4. The average Bonchev–Trinajstić information content (AvgIpc) is 3.31. The fraction of sp³-hybridized carbons (Fsp3) is 0.562. The van der Waals surface area contributed by atoms with Crippen molar-refractivity contribution < 1.29 is 17.9 Å². The van der Waals surface area contributed by atoms with E-state index in [1.165, 1.54) is 4.31 Å². The number of methoxy groups -OCH3 is 1. The number of hydrogen-bond acceptors (Lipinski definition) is 4. The Balaban J connectivity index is 1.66. The van der Waals surface area contributed by atoms with Crippen LogP contribution in [-0.4, -0.2) is 44.6 Å². The molecule has 1 saturated heterocycles. The number of carbonyl (C=O) groups is 1. The number of carbonyl (C=O) groups excluding carboxylic acids is 1. The molecule has 1 saturated carbocycles. The quantitative estimate of drug-likeness (QED) is 0.848. The van der Waals surface area contributed by atoms with E-state index < -0.39 is 10.0 Å². The van der Waals surface area contributed by atoms with Gasteiger partial charge in [-0.25, -0.2) is 8.42 Å². The van der Waals surface area contributed by atoms with Crippen molar-refractivity contribution in [2.45, 2.75) is 25.3 Å². The molecule has 2 aliphatic rings. The summed E-state index contributed by atoms with van der Waals surface area (Å²) in [6, 6.07) is 7.60. The second-order valence-electron chi connectivity index (χ2n) is 6.16. The molecule has 0 spiro atoms. The van der Waals surface area contributed by atoms with Gasteiger partial charge in [-0.2, -0.15) is 4.31 Å². The number of sulfonamides is 1. The summed E-state index contributed by atoms with van der Waals surface area (Å²) in [4.78, 5) is 12.3. The number of ether oxygens (including phenoxy) is 1. The molecule has 1 aromatic carbocycles. The summed E-state index contributed by atoms with van der Waals surface area (Å²) < 4.78 is 30.0. The molecule has 126 valence electrons. The fourth-order valence-corrected chi connectivity index (χ4v) is 4.44. The molecule has 3 rings (SSSR count). The van der Waals surface area contributed by atoms with Crippen LogP contribution >= 0.6 is 0 Å². The van der Waals surface area contributed by atoms with Crippen molar-refractivity contribution in [1.82, 2.24) is 9.62 Å². The first-order chi connectivity index (χ1) is 11.0. The lowest BCUT2D eigenvalue weighted by Gasteiger charge is -2.21. The molecular formula is C16H22N2O4S. The van der Waals surface area contributed by atoms with E-state index in [0.29, 0.717) is 18.9 Å². The summed E-state index contributed by atoms with van der Waals surface area (Å²) in [5, 5.41) is 3.01. The SMILES string of the molecule is COc1ccc([C@H](NC(=O)CN2CCCS2(=O)=O)C2CC2)cc1. The van der Waals surface area contributed by atoms with Gasteiger partial charge in [0.2, 0.25) is 15.9 Å². The predicted octanol–water partition coefficient (Wildman–Crippen LogP) is 1.30. The molecule has 1 aliphatic heterocycles. The summed E-state index contributed by atoms with van der Waals surface area (Å²) in [5.41, 5.74) is 1.03. The number of nitrogens with zero attached hydrogens (tertiary/aromatic N) is 1. The van der Waals surface area contributed by atoms with Crippen LogP contribution in [0.25, 0.3) is 0 Å². The van der Waals surface area contributed by atoms with Gasteiger partial charge in [0.1, 0.15) is 5.75 Å². The Bertz CT molecular complexity index is 668. The second-order valence-corrected chi connectivity index (χ2v) is 8.25. The monoisotopic (exact) mass is 338 g/mol. The Kier molecular flexibility index (Phi) is 4.59. The van der Waals surface area contributed by atoms with Crippen molar-refractivity contribution >= 4 is 15.9 Å². The van der Waals surface area contributed by atoms with Crippen molar-refractivity contribution in [3.63, 3.8) is 0 Å². The number of benzene rings is 1. The van der Waals surface area contributed by atoms with Crippen LogP contribution in [0, 0.1) is 5.92 Å².